The van der Waals surface area contributed by atoms with E-state index in [1.165, 1.54) is 23.9 Å². The predicted octanol–water partition coefficient (Wildman–Crippen LogP) is 3.37. The molecule has 3 rings (SSSR count). The van der Waals surface area contributed by atoms with Gasteiger partial charge in [-0.15, -0.1) is 0 Å². The summed E-state index contributed by atoms with van der Waals surface area (Å²) < 4.78 is 44.0. The number of piperidine rings is 1. The first kappa shape index (κ1) is 21.8. The minimum atomic E-state index is -4.56. The van der Waals surface area contributed by atoms with Crippen LogP contribution in [-0.2, 0) is 11.8 Å². The monoisotopic (exact) mass is 428 g/mol. The highest BCUT2D eigenvalue weighted by atomic mass is 32.2. The number of thioether (sulfide) groups is 1. The number of alkyl halides is 3. The molecule has 1 fully saturated rings. The molecule has 29 heavy (non-hydrogen) atoms. The first-order valence-corrected chi connectivity index (χ1v) is 10.4. The smallest absolute Gasteiger partial charge is 0.433 e. The molecule has 0 amide bonds. The third kappa shape index (κ3) is 5.37. The van der Waals surface area contributed by atoms with Gasteiger partial charge in [0.1, 0.15) is 17.9 Å². The van der Waals surface area contributed by atoms with Crippen molar-refractivity contribution in [3.05, 3.63) is 41.3 Å². The first-order chi connectivity index (χ1) is 13.7. The fourth-order valence-electron chi connectivity index (χ4n) is 3.24. The molecule has 0 aromatic carbocycles. The molecule has 0 aliphatic carbocycles. The van der Waals surface area contributed by atoms with Gasteiger partial charge in [-0.25, -0.2) is 15.0 Å². The quantitative estimate of drug-likeness (QED) is 0.539. The molecule has 158 valence electrons. The first-order valence-electron chi connectivity index (χ1n) is 9.22. The summed E-state index contributed by atoms with van der Waals surface area (Å²) in [6.07, 6.45) is 0.653. The highest BCUT2D eigenvalue weighted by Crippen LogP contribution is 2.34. The summed E-state index contributed by atoms with van der Waals surface area (Å²) in [5, 5.41) is 15.0. The van der Waals surface area contributed by atoms with Crippen LogP contribution in [-0.4, -0.2) is 46.0 Å². The van der Waals surface area contributed by atoms with Crippen LogP contribution < -0.4 is 10.1 Å². The summed E-state index contributed by atoms with van der Waals surface area (Å²) in [7, 11) is 0. The minimum absolute atomic E-state index is 0.165. The van der Waals surface area contributed by atoms with Gasteiger partial charge in [0.2, 0.25) is 5.88 Å². The van der Waals surface area contributed by atoms with Crippen LogP contribution in [0.3, 0.4) is 0 Å². The number of aromatic nitrogens is 3. The van der Waals surface area contributed by atoms with Crippen LogP contribution in [0, 0.1) is 0 Å². The van der Waals surface area contributed by atoms with Crippen LogP contribution in [0.5, 0.6) is 5.88 Å². The van der Waals surface area contributed by atoms with Crippen molar-refractivity contribution in [2.24, 2.45) is 0 Å². The molecule has 1 aliphatic heterocycles. The van der Waals surface area contributed by atoms with E-state index in [9.17, 15) is 18.3 Å². The van der Waals surface area contributed by atoms with Gasteiger partial charge in [-0.3, -0.25) is 0 Å². The van der Waals surface area contributed by atoms with E-state index >= 15 is 0 Å². The lowest BCUT2D eigenvalue weighted by Gasteiger charge is -2.30. The molecule has 0 bridgehead atoms. The summed E-state index contributed by atoms with van der Waals surface area (Å²) in [4.78, 5) is 12.4. The highest BCUT2D eigenvalue weighted by molar-refractivity contribution is 7.98. The SMILES string of the molecule is CSc1ncc(C(C)(O)COc2cccc(C(F)(F)F)n2)c(C2CCNCC2)n1. The molecule has 2 N–H and O–H groups in total. The Morgan fingerprint density at radius 1 is 1.24 bits per heavy atom. The van der Waals surface area contributed by atoms with E-state index in [2.05, 4.69) is 20.3 Å². The van der Waals surface area contributed by atoms with Crippen molar-refractivity contribution in [1.29, 1.82) is 0 Å². The number of hydrogen-bond acceptors (Lipinski definition) is 7. The maximum absolute atomic E-state index is 12.8. The largest absolute Gasteiger partial charge is 0.474 e. The van der Waals surface area contributed by atoms with Crippen molar-refractivity contribution in [3.8, 4) is 5.88 Å². The van der Waals surface area contributed by atoms with Crippen molar-refractivity contribution >= 4 is 11.8 Å². The number of rotatable bonds is 6. The van der Waals surface area contributed by atoms with Crippen LogP contribution >= 0.6 is 11.8 Å². The Balaban J connectivity index is 1.83. The summed E-state index contributed by atoms with van der Waals surface area (Å²) in [6, 6.07) is 3.41. The maximum atomic E-state index is 12.8. The van der Waals surface area contributed by atoms with E-state index in [1.807, 2.05) is 6.26 Å². The molecule has 2 aromatic rings. The lowest BCUT2D eigenvalue weighted by Crippen LogP contribution is -2.34. The predicted molar refractivity (Wildman–Crippen MR) is 103 cm³/mol. The molecule has 2 aromatic heterocycles. The molecule has 1 aliphatic rings. The van der Waals surface area contributed by atoms with Gasteiger partial charge in [-0.2, -0.15) is 13.2 Å². The van der Waals surface area contributed by atoms with Gasteiger partial charge < -0.3 is 15.2 Å². The second-order valence-corrected chi connectivity index (χ2v) is 7.87. The Hall–Kier alpha value is -1.91. The Morgan fingerprint density at radius 2 is 1.97 bits per heavy atom. The molecular weight excluding hydrogens is 405 g/mol. The Bertz CT molecular complexity index is 842. The average Bonchev–Trinajstić information content (AvgIpc) is 2.72. The molecule has 1 unspecified atom stereocenters. The number of halogens is 3. The number of aliphatic hydroxyl groups is 1. The number of pyridine rings is 1. The number of hydrogen-bond donors (Lipinski definition) is 2. The standard InChI is InChI=1S/C19H23F3N4O2S/c1-18(27,11-28-15-5-3-4-14(25-15)19(20,21)22)13-10-24-17(29-2)26-16(13)12-6-8-23-9-7-12/h3-5,10,12,23,27H,6-9,11H2,1-2H3. The molecule has 1 atom stereocenters. The lowest BCUT2D eigenvalue weighted by atomic mass is 9.86. The molecule has 1 saturated heterocycles. The van der Waals surface area contributed by atoms with Gasteiger partial charge in [0, 0.05) is 23.7 Å². The highest BCUT2D eigenvalue weighted by Gasteiger charge is 2.34. The Kier molecular flexibility index (Phi) is 6.65. The summed E-state index contributed by atoms with van der Waals surface area (Å²) in [6.45, 7) is 2.98. The van der Waals surface area contributed by atoms with Crippen LogP contribution in [0.1, 0.15) is 42.6 Å². The second-order valence-electron chi connectivity index (χ2n) is 7.10. The molecule has 0 spiro atoms. The van der Waals surface area contributed by atoms with Crippen molar-refractivity contribution in [3.63, 3.8) is 0 Å². The van der Waals surface area contributed by atoms with Gasteiger partial charge in [-0.05, 0) is 45.2 Å². The second kappa shape index (κ2) is 8.85. The van der Waals surface area contributed by atoms with E-state index in [0.29, 0.717) is 10.7 Å². The average molecular weight is 428 g/mol. The van der Waals surface area contributed by atoms with E-state index < -0.39 is 17.5 Å². The summed E-state index contributed by atoms with van der Waals surface area (Å²) in [5.41, 5.74) is -1.25. The molecule has 3 heterocycles. The van der Waals surface area contributed by atoms with Crippen LogP contribution in [0.15, 0.2) is 29.6 Å². The van der Waals surface area contributed by atoms with Gasteiger partial charge in [0.05, 0.1) is 5.69 Å². The molecule has 0 radical (unpaired) electrons. The zero-order valence-electron chi connectivity index (χ0n) is 16.2. The fourth-order valence-corrected chi connectivity index (χ4v) is 3.59. The van der Waals surface area contributed by atoms with Gasteiger partial charge in [-0.1, -0.05) is 17.8 Å². The number of nitrogens with one attached hydrogen (secondary N) is 1. The van der Waals surface area contributed by atoms with E-state index in [1.54, 1.807) is 13.1 Å². The van der Waals surface area contributed by atoms with E-state index in [4.69, 9.17) is 4.74 Å². The normalized spacial score (nSPS) is 17.7. The summed E-state index contributed by atoms with van der Waals surface area (Å²) >= 11 is 1.41. The Morgan fingerprint density at radius 3 is 2.62 bits per heavy atom. The van der Waals surface area contributed by atoms with Crippen LogP contribution in [0.2, 0.25) is 0 Å². The van der Waals surface area contributed by atoms with Crippen molar-refractivity contribution < 1.29 is 23.0 Å². The van der Waals surface area contributed by atoms with E-state index in [-0.39, 0.29) is 18.4 Å². The number of ether oxygens (including phenoxy) is 1. The van der Waals surface area contributed by atoms with Crippen LogP contribution in [0.25, 0.3) is 0 Å². The molecular formula is C19H23F3N4O2S. The third-order valence-corrected chi connectivity index (χ3v) is 5.36. The topological polar surface area (TPSA) is 80.2 Å². The zero-order chi connectivity index (χ0) is 21.1. The lowest BCUT2D eigenvalue weighted by molar-refractivity contribution is -0.141. The maximum Gasteiger partial charge on any atom is 0.433 e. The van der Waals surface area contributed by atoms with Crippen molar-refractivity contribution in [2.45, 2.75) is 42.6 Å². The fraction of sp³-hybridized carbons (Fsp3) is 0.526. The molecule has 0 saturated carbocycles. The van der Waals surface area contributed by atoms with Crippen molar-refractivity contribution in [1.82, 2.24) is 20.3 Å². The number of nitrogens with zero attached hydrogens (tertiary/aromatic N) is 3. The third-order valence-electron chi connectivity index (χ3n) is 4.80. The molecule has 6 nitrogen and oxygen atoms in total. The van der Waals surface area contributed by atoms with Gasteiger partial charge in [0.25, 0.3) is 0 Å². The Labute approximate surface area is 171 Å². The minimum Gasteiger partial charge on any atom is -0.474 e. The van der Waals surface area contributed by atoms with Gasteiger partial charge >= 0.3 is 6.18 Å². The summed E-state index contributed by atoms with van der Waals surface area (Å²) in [5.74, 6) is -0.0384. The zero-order valence-corrected chi connectivity index (χ0v) is 17.0. The van der Waals surface area contributed by atoms with Gasteiger partial charge in [0.15, 0.2) is 5.16 Å². The molecule has 10 heteroatoms. The van der Waals surface area contributed by atoms with Crippen LogP contribution in [0.4, 0.5) is 13.2 Å². The van der Waals surface area contributed by atoms with E-state index in [0.717, 1.165) is 37.7 Å². The van der Waals surface area contributed by atoms with Crippen molar-refractivity contribution in [2.75, 3.05) is 26.0 Å².